The molecule has 0 aliphatic carbocycles. The second kappa shape index (κ2) is 4.92. The first-order chi connectivity index (χ1) is 8.67. The third kappa shape index (κ3) is 2.07. The van der Waals surface area contributed by atoms with E-state index < -0.39 is 5.97 Å². The maximum atomic E-state index is 11.8. The SMILES string of the molecule is C#CC1CC(=O)N(c2cn[nH]c2C(=O)OCC)C1. The molecule has 0 saturated carbocycles. The van der Waals surface area contributed by atoms with Crippen molar-refractivity contribution in [2.75, 3.05) is 18.1 Å². The van der Waals surface area contributed by atoms with Gasteiger partial charge >= 0.3 is 5.97 Å². The van der Waals surface area contributed by atoms with Crippen molar-refractivity contribution in [1.29, 1.82) is 0 Å². The van der Waals surface area contributed by atoms with Crippen LogP contribution in [-0.4, -0.2) is 35.2 Å². The molecule has 0 bridgehead atoms. The highest BCUT2D eigenvalue weighted by Gasteiger charge is 2.33. The summed E-state index contributed by atoms with van der Waals surface area (Å²) in [6.45, 7) is 2.38. The fraction of sp³-hybridized carbons (Fsp3) is 0.417. The minimum atomic E-state index is -0.526. The number of aromatic nitrogens is 2. The number of esters is 1. The Morgan fingerprint density at radius 1 is 1.78 bits per heavy atom. The van der Waals surface area contributed by atoms with Crippen LogP contribution < -0.4 is 4.90 Å². The van der Waals surface area contributed by atoms with Gasteiger partial charge < -0.3 is 9.64 Å². The van der Waals surface area contributed by atoms with Gasteiger partial charge in [-0.1, -0.05) is 0 Å². The van der Waals surface area contributed by atoms with E-state index >= 15 is 0 Å². The van der Waals surface area contributed by atoms with Gasteiger partial charge in [0.2, 0.25) is 5.91 Å². The Labute approximate surface area is 104 Å². The molecule has 1 fully saturated rings. The van der Waals surface area contributed by atoms with Gasteiger partial charge in [-0.05, 0) is 6.92 Å². The molecule has 1 amide bonds. The summed E-state index contributed by atoms with van der Waals surface area (Å²) in [5, 5.41) is 6.33. The van der Waals surface area contributed by atoms with Crippen LogP contribution in [0, 0.1) is 18.3 Å². The molecule has 6 heteroatoms. The van der Waals surface area contributed by atoms with Crippen LogP contribution >= 0.6 is 0 Å². The molecule has 1 aromatic rings. The zero-order chi connectivity index (χ0) is 13.1. The van der Waals surface area contributed by atoms with E-state index in [0.29, 0.717) is 18.7 Å². The Morgan fingerprint density at radius 3 is 3.17 bits per heavy atom. The maximum absolute atomic E-state index is 11.8. The van der Waals surface area contributed by atoms with E-state index in [1.54, 1.807) is 6.92 Å². The first-order valence-electron chi connectivity index (χ1n) is 5.64. The number of ether oxygens (including phenoxy) is 1. The second-order valence-corrected chi connectivity index (χ2v) is 3.92. The lowest BCUT2D eigenvalue weighted by Gasteiger charge is -2.14. The normalized spacial score (nSPS) is 18.8. The lowest BCUT2D eigenvalue weighted by Crippen LogP contribution is -2.26. The molecule has 0 spiro atoms. The molecular formula is C12H13N3O3. The number of H-pyrrole nitrogens is 1. The molecule has 1 unspecified atom stereocenters. The van der Waals surface area contributed by atoms with Crippen molar-refractivity contribution in [2.45, 2.75) is 13.3 Å². The fourth-order valence-corrected chi connectivity index (χ4v) is 1.89. The summed E-state index contributed by atoms with van der Waals surface area (Å²) in [6.07, 6.45) is 7.04. The Hall–Kier alpha value is -2.29. The first kappa shape index (κ1) is 12.2. The molecule has 6 nitrogen and oxygen atoms in total. The largest absolute Gasteiger partial charge is 0.461 e. The predicted molar refractivity (Wildman–Crippen MR) is 63.8 cm³/mol. The third-order valence-corrected chi connectivity index (χ3v) is 2.75. The topological polar surface area (TPSA) is 75.3 Å². The van der Waals surface area contributed by atoms with Crippen molar-refractivity contribution in [3.8, 4) is 12.3 Å². The van der Waals surface area contributed by atoms with Gasteiger partial charge in [-0.3, -0.25) is 9.89 Å². The van der Waals surface area contributed by atoms with Crippen LogP contribution in [0.25, 0.3) is 0 Å². The second-order valence-electron chi connectivity index (χ2n) is 3.92. The average Bonchev–Trinajstić information content (AvgIpc) is 2.94. The Morgan fingerprint density at radius 2 is 2.56 bits per heavy atom. The molecule has 2 heterocycles. The third-order valence-electron chi connectivity index (χ3n) is 2.75. The van der Waals surface area contributed by atoms with Crippen molar-refractivity contribution in [1.82, 2.24) is 10.2 Å². The van der Waals surface area contributed by atoms with E-state index in [2.05, 4.69) is 16.1 Å². The minimum absolute atomic E-state index is 0.107. The molecule has 1 aromatic heterocycles. The number of carbonyl (C=O) groups is 2. The van der Waals surface area contributed by atoms with Gasteiger partial charge in [0.15, 0.2) is 5.69 Å². The average molecular weight is 247 g/mol. The van der Waals surface area contributed by atoms with E-state index in [0.717, 1.165) is 0 Å². The van der Waals surface area contributed by atoms with Gasteiger partial charge in [-0.25, -0.2) is 4.79 Å². The number of hydrogen-bond acceptors (Lipinski definition) is 4. The summed E-state index contributed by atoms with van der Waals surface area (Å²) in [6, 6.07) is 0. The number of amides is 1. The molecule has 18 heavy (non-hydrogen) atoms. The predicted octanol–water partition coefficient (Wildman–Crippen LogP) is 0.573. The van der Waals surface area contributed by atoms with Crippen molar-refractivity contribution >= 4 is 17.6 Å². The summed E-state index contributed by atoms with van der Waals surface area (Å²) < 4.78 is 4.89. The highest BCUT2D eigenvalue weighted by Crippen LogP contribution is 2.26. The van der Waals surface area contributed by atoms with Crippen LogP contribution in [0.2, 0.25) is 0 Å². The van der Waals surface area contributed by atoms with Crippen LogP contribution in [0.1, 0.15) is 23.8 Å². The zero-order valence-electron chi connectivity index (χ0n) is 9.97. The number of nitrogens with one attached hydrogen (secondary N) is 1. The number of nitrogens with zero attached hydrogens (tertiary/aromatic N) is 2. The Bertz CT molecular complexity index is 515. The fourth-order valence-electron chi connectivity index (χ4n) is 1.89. The van der Waals surface area contributed by atoms with Crippen LogP contribution in [0.5, 0.6) is 0 Å². The lowest BCUT2D eigenvalue weighted by molar-refractivity contribution is -0.117. The van der Waals surface area contributed by atoms with Gasteiger partial charge in [-0.2, -0.15) is 5.10 Å². The highest BCUT2D eigenvalue weighted by atomic mass is 16.5. The molecule has 1 aliphatic heterocycles. The number of aromatic amines is 1. The van der Waals surface area contributed by atoms with Gasteiger partial charge in [0.25, 0.3) is 0 Å². The van der Waals surface area contributed by atoms with Crippen molar-refractivity contribution in [3.05, 3.63) is 11.9 Å². The molecule has 94 valence electrons. The highest BCUT2D eigenvalue weighted by molar-refractivity contribution is 6.02. The van der Waals surface area contributed by atoms with Gasteiger partial charge in [0.05, 0.1) is 18.5 Å². The van der Waals surface area contributed by atoms with E-state index in [9.17, 15) is 9.59 Å². The monoisotopic (exact) mass is 247 g/mol. The van der Waals surface area contributed by atoms with E-state index in [4.69, 9.17) is 11.2 Å². The Kier molecular flexibility index (Phi) is 3.33. The summed E-state index contributed by atoms with van der Waals surface area (Å²) >= 11 is 0. The van der Waals surface area contributed by atoms with Gasteiger partial charge in [-0.15, -0.1) is 12.3 Å². The molecule has 2 rings (SSSR count). The summed E-state index contributed by atoms with van der Waals surface area (Å²) in [5.74, 6) is 1.80. The van der Waals surface area contributed by atoms with Crippen molar-refractivity contribution < 1.29 is 14.3 Å². The Balaban J connectivity index is 2.25. The van der Waals surface area contributed by atoms with Gasteiger partial charge in [0.1, 0.15) is 0 Å². The lowest BCUT2D eigenvalue weighted by atomic mass is 10.1. The molecule has 0 aromatic carbocycles. The van der Waals surface area contributed by atoms with Crippen molar-refractivity contribution in [2.24, 2.45) is 5.92 Å². The maximum Gasteiger partial charge on any atom is 0.358 e. The molecule has 1 atom stereocenters. The first-order valence-corrected chi connectivity index (χ1v) is 5.64. The number of rotatable bonds is 3. The number of terminal acetylenes is 1. The molecule has 1 N–H and O–H groups in total. The molecule has 0 radical (unpaired) electrons. The minimum Gasteiger partial charge on any atom is -0.461 e. The molecular weight excluding hydrogens is 234 g/mol. The molecule has 1 aliphatic rings. The van der Waals surface area contributed by atoms with Crippen LogP contribution in [0.4, 0.5) is 5.69 Å². The smallest absolute Gasteiger partial charge is 0.358 e. The summed E-state index contributed by atoms with van der Waals surface area (Å²) in [5.41, 5.74) is 0.610. The number of carbonyl (C=O) groups excluding carboxylic acids is 2. The zero-order valence-corrected chi connectivity index (χ0v) is 9.97. The van der Waals surface area contributed by atoms with Crippen molar-refractivity contribution in [3.63, 3.8) is 0 Å². The van der Waals surface area contributed by atoms with Crippen LogP contribution in [-0.2, 0) is 9.53 Å². The van der Waals surface area contributed by atoms with E-state index in [1.807, 2.05) is 0 Å². The van der Waals surface area contributed by atoms with E-state index in [1.165, 1.54) is 11.1 Å². The number of hydrogen-bond donors (Lipinski definition) is 1. The number of anilines is 1. The summed E-state index contributed by atoms with van der Waals surface area (Å²) in [7, 11) is 0. The standard InChI is InChI=1S/C12H13N3O3/c1-3-8-5-10(16)15(7-8)9-6-13-14-11(9)12(17)18-4-2/h1,6,8H,4-5,7H2,2H3,(H,13,14). The van der Waals surface area contributed by atoms with Crippen LogP contribution in [0.3, 0.4) is 0 Å². The quantitative estimate of drug-likeness (QED) is 0.626. The van der Waals surface area contributed by atoms with Crippen LogP contribution in [0.15, 0.2) is 6.20 Å². The molecule has 1 saturated heterocycles. The van der Waals surface area contributed by atoms with Gasteiger partial charge in [0, 0.05) is 18.9 Å². The summed E-state index contributed by atoms with van der Waals surface area (Å²) in [4.78, 5) is 25.0. The van der Waals surface area contributed by atoms with E-state index in [-0.39, 0.29) is 24.1 Å².